The first-order valence-electron chi connectivity index (χ1n) is 13.0. The number of ketones is 1. The Kier molecular flexibility index (Phi) is 6.82. The Balaban J connectivity index is 1.40. The van der Waals surface area contributed by atoms with Crippen molar-refractivity contribution in [3.63, 3.8) is 0 Å². The third-order valence-corrected chi connectivity index (χ3v) is 7.88. The van der Waals surface area contributed by atoms with Gasteiger partial charge in [0.25, 0.3) is 0 Å². The maximum atomic E-state index is 16.1. The van der Waals surface area contributed by atoms with E-state index in [1.54, 1.807) is 48.9 Å². The highest BCUT2D eigenvalue weighted by Crippen LogP contribution is 2.36. The summed E-state index contributed by atoms with van der Waals surface area (Å²) in [6, 6.07) is 10.6. The number of halogens is 1. The lowest BCUT2D eigenvalue weighted by Gasteiger charge is -2.14. The molecule has 0 fully saturated rings. The highest BCUT2D eigenvalue weighted by atomic mass is 32.1. The van der Waals surface area contributed by atoms with Crippen molar-refractivity contribution in [2.45, 2.75) is 39.3 Å². The summed E-state index contributed by atoms with van der Waals surface area (Å²) in [5.41, 5.74) is 4.34. The summed E-state index contributed by atoms with van der Waals surface area (Å²) < 4.78 is 16.1. The second kappa shape index (κ2) is 10.6. The van der Waals surface area contributed by atoms with Crippen LogP contribution in [-0.4, -0.2) is 47.3 Å². The van der Waals surface area contributed by atoms with Crippen molar-refractivity contribution in [2.24, 2.45) is 0 Å². The quantitative estimate of drug-likeness (QED) is 0.117. The number of aliphatic hydroxyl groups excluding tert-OH is 1. The predicted molar refractivity (Wildman–Crippen MR) is 155 cm³/mol. The van der Waals surface area contributed by atoms with Crippen LogP contribution in [0.4, 0.5) is 10.1 Å². The van der Waals surface area contributed by atoms with E-state index in [9.17, 15) is 9.90 Å². The molecule has 202 valence electrons. The Labute approximate surface area is 232 Å². The molecule has 1 atom stereocenters. The van der Waals surface area contributed by atoms with Crippen LogP contribution in [0.1, 0.15) is 42.8 Å². The number of aliphatic hydroxyl groups is 1. The number of aromatic nitrogens is 6. The number of nitrogens with one attached hydrogen (secondary N) is 3. The van der Waals surface area contributed by atoms with Crippen molar-refractivity contribution in [2.75, 3.05) is 5.32 Å². The molecule has 0 spiro atoms. The van der Waals surface area contributed by atoms with Gasteiger partial charge in [0.05, 0.1) is 38.1 Å². The van der Waals surface area contributed by atoms with Gasteiger partial charge in [-0.25, -0.2) is 9.37 Å². The molecule has 5 heterocycles. The monoisotopic (exact) mass is 555 g/mol. The van der Waals surface area contributed by atoms with Crippen molar-refractivity contribution in [1.29, 1.82) is 0 Å². The van der Waals surface area contributed by atoms with Gasteiger partial charge in [0.1, 0.15) is 28.9 Å². The van der Waals surface area contributed by atoms with Crippen LogP contribution in [-0.2, 0) is 0 Å². The number of hydrogen-bond donors (Lipinski definition) is 4. The summed E-state index contributed by atoms with van der Waals surface area (Å²) in [4.78, 5) is 30.0. The third kappa shape index (κ3) is 4.74. The Morgan fingerprint density at radius 3 is 2.83 bits per heavy atom. The first-order valence-corrected chi connectivity index (χ1v) is 13.8. The van der Waals surface area contributed by atoms with Crippen molar-refractivity contribution in [3.05, 3.63) is 65.7 Å². The zero-order valence-electron chi connectivity index (χ0n) is 21.8. The second-order valence-electron chi connectivity index (χ2n) is 9.55. The number of thiophene rings is 1. The van der Waals surface area contributed by atoms with Gasteiger partial charge in [-0.3, -0.25) is 19.9 Å². The Morgan fingerprint density at radius 2 is 2.02 bits per heavy atom. The molecule has 9 nitrogen and oxygen atoms in total. The molecular weight excluding hydrogens is 529 g/mol. The van der Waals surface area contributed by atoms with Gasteiger partial charge in [0.2, 0.25) is 0 Å². The van der Waals surface area contributed by atoms with Crippen LogP contribution in [0.15, 0.2) is 55.0 Å². The van der Waals surface area contributed by atoms with E-state index in [4.69, 9.17) is 4.98 Å². The molecular formula is C29H26FN7O2S. The third-order valence-electron chi connectivity index (χ3n) is 6.69. The van der Waals surface area contributed by atoms with Crippen molar-refractivity contribution < 1.29 is 14.3 Å². The minimum absolute atomic E-state index is 0.00963. The first kappa shape index (κ1) is 25.8. The van der Waals surface area contributed by atoms with Crippen LogP contribution in [0.2, 0.25) is 0 Å². The Bertz CT molecular complexity index is 1860. The maximum Gasteiger partial charge on any atom is 0.169 e. The van der Waals surface area contributed by atoms with Crippen LogP contribution in [0.5, 0.6) is 0 Å². The van der Waals surface area contributed by atoms with Crippen LogP contribution < -0.4 is 5.32 Å². The standard InChI is InChI=1S/C29H26FN7O2S/c1-3-4-5-23(39)33-17-12-16(13-31-14-17)18-6-7-19-24(25(18)30)28(37-36-19)29-34-20-10-11-32-27(26(20)35-29)22-9-8-21(40-22)15(2)38/h6-14,23,33,39H,3-5H2,1-2H3,(H,34,35)(H,36,37). The molecule has 1 aromatic carbocycles. The van der Waals surface area contributed by atoms with E-state index in [1.165, 1.54) is 18.3 Å². The van der Waals surface area contributed by atoms with E-state index in [1.807, 2.05) is 6.07 Å². The normalized spacial score (nSPS) is 12.3. The van der Waals surface area contributed by atoms with Gasteiger partial charge in [-0.15, -0.1) is 11.3 Å². The topological polar surface area (TPSA) is 132 Å². The van der Waals surface area contributed by atoms with E-state index in [0.717, 1.165) is 23.2 Å². The first-order chi connectivity index (χ1) is 19.4. The number of rotatable bonds is 9. The number of hydrogen-bond acceptors (Lipinski definition) is 8. The van der Waals surface area contributed by atoms with Gasteiger partial charge in [0.15, 0.2) is 11.6 Å². The van der Waals surface area contributed by atoms with Gasteiger partial charge in [-0.1, -0.05) is 13.3 Å². The number of carbonyl (C=O) groups excluding carboxylic acids is 1. The molecule has 0 saturated heterocycles. The molecule has 0 bridgehead atoms. The number of imidazole rings is 1. The average molecular weight is 556 g/mol. The van der Waals surface area contributed by atoms with E-state index in [0.29, 0.717) is 61.7 Å². The Morgan fingerprint density at radius 1 is 1.15 bits per heavy atom. The predicted octanol–water partition coefficient (Wildman–Crippen LogP) is 6.55. The number of anilines is 1. The Hall–Kier alpha value is -4.48. The molecule has 11 heteroatoms. The molecule has 6 rings (SSSR count). The molecule has 0 saturated carbocycles. The van der Waals surface area contributed by atoms with E-state index >= 15 is 4.39 Å². The summed E-state index contributed by atoms with van der Waals surface area (Å²) >= 11 is 1.35. The van der Waals surface area contributed by atoms with Gasteiger partial charge < -0.3 is 15.4 Å². The molecule has 1 unspecified atom stereocenters. The summed E-state index contributed by atoms with van der Waals surface area (Å²) in [5, 5.41) is 20.9. The number of unbranched alkanes of at least 4 members (excludes halogenated alkanes) is 1. The molecule has 0 radical (unpaired) electrons. The van der Waals surface area contributed by atoms with Gasteiger partial charge in [0, 0.05) is 23.5 Å². The maximum absolute atomic E-state index is 16.1. The fourth-order valence-electron chi connectivity index (χ4n) is 4.68. The van der Waals surface area contributed by atoms with Crippen LogP contribution in [0.25, 0.3) is 55.2 Å². The number of nitrogens with zero attached hydrogens (tertiary/aromatic N) is 4. The highest BCUT2D eigenvalue weighted by Gasteiger charge is 2.21. The van der Waals surface area contributed by atoms with Crippen LogP contribution in [0, 0.1) is 5.82 Å². The lowest BCUT2D eigenvalue weighted by atomic mass is 10.0. The number of carbonyl (C=O) groups is 1. The number of aromatic amines is 2. The summed E-state index contributed by atoms with van der Waals surface area (Å²) in [5.74, 6) is -0.0815. The van der Waals surface area contributed by atoms with Crippen LogP contribution in [0.3, 0.4) is 0 Å². The minimum Gasteiger partial charge on any atom is -0.374 e. The van der Waals surface area contributed by atoms with E-state index in [-0.39, 0.29) is 5.78 Å². The largest absolute Gasteiger partial charge is 0.374 e. The molecule has 6 aromatic rings. The lowest BCUT2D eigenvalue weighted by molar-refractivity contribution is 0.102. The molecule has 0 aliphatic rings. The second-order valence-corrected chi connectivity index (χ2v) is 10.6. The number of H-pyrrole nitrogens is 2. The van der Waals surface area contributed by atoms with Gasteiger partial charge in [-0.2, -0.15) is 5.10 Å². The number of Topliss-reactive ketones (excluding diaryl/α,β-unsaturated/α-hetero) is 1. The molecule has 5 aromatic heterocycles. The fraction of sp³-hybridized carbons (Fsp3) is 0.207. The molecule has 0 amide bonds. The van der Waals surface area contributed by atoms with Crippen molar-refractivity contribution >= 4 is 44.7 Å². The van der Waals surface area contributed by atoms with Gasteiger partial charge in [-0.05, 0) is 56.2 Å². The summed E-state index contributed by atoms with van der Waals surface area (Å²) in [7, 11) is 0. The summed E-state index contributed by atoms with van der Waals surface area (Å²) in [6.45, 7) is 3.59. The minimum atomic E-state index is -0.708. The molecule has 0 aliphatic carbocycles. The van der Waals surface area contributed by atoms with Crippen molar-refractivity contribution in [1.82, 2.24) is 30.1 Å². The lowest BCUT2D eigenvalue weighted by Crippen LogP contribution is -2.18. The zero-order chi connectivity index (χ0) is 27.8. The summed E-state index contributed by atoms with van der Waals surface area (Å²) in [6.07, 6.45) is 6.63. The van der Waals surface area contributed by atoms with Crippen molar-refractivity contribution in [3.8, 4) is 33.2 Å². The molecule has 4 N–H and O–H groups in total. The number of benzene rings is 1. The van der Waals surface area contributed by atoms with E-state index < -0.39 is 12.0 Å². The van der Waals surface area contributed by atoms with Gasteiger partial charge >= 0.3 is 0 Å². The number of fused-ring (bicyclic) bond motifs is 2. The fourth-order valence-corrected chi connectivity index (χ4v) is 5.58. The zero-order valence-corrected chi connectivity index (χ0v) is 22.6. The molecule has 0 aliphatic heterocycles. The SMILES string of the molecule is CCCCC(O)Nc1cncc(-c2ccc3[nH]nc(-c4nc5c(-c6ccc(C(C)=O)s6)nccc5[nH]4)c3c2F)c1. The van der Waals surface area contributed by atoms with E-state index in [2.05, 4.69) is 37.4 Å². The highest BCUT2D eigenvalue weighted by molar-refractivity contribution is 7.17. The van der Waals surface area contributed by atoms with Crippen LogP contribution >= 0.6 is 11.3 Å². The molecule has 40 heavy (non-hydrogen) atoms. The number of pyridine rings is 2. The smallest absolute Gasteiger partial charge is 0.169 e. The average Bonchev–Trinajstić information content (AvgIpc) is 3.70.